The molecule has 0 bridgehead atoms. The summed E-state index contributed by atoms with van der Waals surface area (Å²) in [5.74, 6) is -0.0363. The lowest BCUT2D eigenvalue weighted by Gasteiger charge is -2.11. The van der Waals surface area contributed by atoms with Crippen molar-refractivity contribution >= 4 is 5.71 Å². The van der Waals surface area contributed by atoms with Gasteiger partial charge in [0.2, 0.25) is 0 Å². The normalized spacial score (nSPS) is 11.6. The van der Waals surface area contributed by atoms with Crippen LogP contribution in [-0.2, 0) is 4.74 Å². The summed E-state index contributed by atoms with van der Waals surface area (Å²) in [5.41, 5.74) is 0.944. The molecule has 1 N–H and O–H groups in total. The van der Waals surface area contributed by atoms with Crippen LogP contribution >= 0.6 is 0 Å². The summed E-state index contributed by atoms with van der Waals surface area (Å²) in [5, 5.41) is 11.9. The van der Waals surface area contributed by atoms with Crippen LogP contribution in [0, 0.1) is 5.82 Å². The minimum absolute atomic E-state index is 0.332. The van der Waals surface area contributed by atoms with E-state index in [1.165, 1.54) is 18.2 Å². The first-order chi connectivity index (χ1) is 9.19. The van der Waals surface area contributed by atoms with E-state index in [9.17, 15) is 4.39 Å². The number of halogens is 1. The summed E-state index contributed by atoms with van der Waals surface area (Å²) in [6, 6.07) is 4.10. The maximum absolute atomic E-state index is 13.2. The first-order valence-electron chi connectivity index (χ1n) is 6.38. The lowest BCUT2D eigenvalue weighted by atomic mass is 10.1. The molecule has 0 saturated carbocycles. The molecule has 0 aliphatic heterocycles. The molecule has 1 rings (SSSR count). The molecule has 0 aliphatic rings. The highest BCUT2D eigenvalue weighted by Gasteiger charge is 2.08. The average molecular weight is 269 g/mol. The van der Waals surface area contributed by atoms with Crippen molar-refractivity contribution in [1.82, 2.24) is 0 Å². The highest BCUT2D eigenvalue weighted by Crippen LogP contribution is 2.20. The second-order valence-corrected chi connectivity index (χ2v) is 4.14. The predicted octanol–water partition coefficient (Wildman–Crippen LogP) is 3.22. The number of benzene rings is 1. The van der Waals surface area contributed by atoms with Crippen molar-refractivity contribution < 1.29 is 19.1 Å². The third-order valence-corrected chi connectivity index (χ3v) is 2.61. The smallest absolute Gasteiger partial charge is 0.131 e. The van der Waals surface area contributed by atoms with Gasteiger partial charge in [-0.15, -0.1) is 0 Å². The summed E-state index contributed by atoms with van der Waals surface area (Å²) in [4.78, 5) is 0. The molecule has 0 spiro atoms. The minimum Gasteiger partial charge on any atom is -0.490 e. The minimum atomic E-state index is -0.392. The number of nitrogens with zero attached hydrogens (tertiary/aromatic N) is 1. The van der Waals surface area contributed by atoms with Crippen molar-refractivity contribution in [1.29, 1.82) is 0 Å². The molecule has 0 fully saturated rings. The molecule has 0 aliphatic carbocycles. The summed E-state index contributed by atoms with van der Waals surface area (Å²) < 4.78 is 24.0. The Kier molecular flexibility index (Phi) is 6.89. The largest absolute Gasteiger partial charge is 0.490 e. The van der Waals surface area contributed by atoms with Gasteiger partial charge in [-0.1, -0.05) is 18.5 Å². The maximum Gasteiger partial charge on any atom is 0.131 e. The van der Waals surface area contributed by atoms with Gasteiger partial charge in [-0.25, -0.2) is 4.39 Å². The molecule has 1 aromatic carbocycles. The van der Waals surface area contributed by atoms with Crippen LogP contribution in [0.1, 0.15) is 32.3 Å². The molecule has 0 heterocycles. The topological polar surface area (TPSA) is 51.0 Å². The Bertz CT molecular complexity index is 421. The molecule has 0 atom stereocenters. The van der Waals surface area contributed by atoms with E-state index in [4.69, 9.17) is 14.7 Å². The second kappa shape index (κ2) is 8.48. The fourth-order valence-corrected chi connectivity index (χ4v) is 1.53. The van der Waals surface area contributed by atoms with Crippen molar-refractivity contribution in [2.24, 2.45) is 5.16 Å². The predicted molar refractivity (Wildman–Crippen MR) is 71.6 cm³/mol. The Labute approximate surface area is 112 Å². The van der Waals surface area contributed by atoms with Gasteiger partial charge in [-0.2, -0.15) is 0 Å². The summed E-state index contributed by atoms with van der Waals surface area (Å²) in [6.07, 6.45) is 2.10. The zero-order chi connectivity index (χ0) is 14.1. The second-order valence-electron chi connectivity index (χ2n) is 4.14. The van der Waals surface area contributed by atoms with Crippen LogP contribution in [0.5, 0.6) is 5.75 Å². The van der Waals surface area contributed by atoms with Crippen LogP contribution in [0.15, 0.2) is 23.4 Å². The van der Waals surface area contributed by atoms with E-state index in [-0.39, 0.29) is 0 Å². The van der Waals surface area contributed by atoms with Gasteiger partial charge in [0.15, 0.2) is 0 Å². The van der Waals surface area contributed by atoms with Crippen LogP contribution < -0.4 is 4.74 Å². The van der Waals surface area contributed by atoms with Crippen molar-refractivity contribution in [2.45, 2.75) is 26.7 Å². The highest BCUT2D eigenvalue weighted by atomic mass is 19.1. The SMILES string of the molecule is CCCCOCCOc1cc(F)ccc1C(C)=NO. The zero-order valence-electron chi connectivity index (χ0n) is 11.4. The van der Waals surface area contributed by atoms with Gasteiger partial charge in [-0.3, -0.25) is 0 Å². The van der Waals surface area contributed by atoms with E-state index in [0.717, 1.165) is 12.8 Å². The van der Waals surface area contributed by atoms with Crippen LogP contribution in [0.4, 0.5) is 4.39 Å². The number of rotatable bonds is 8. The molecule has 0 saturated heterocycles. The van der Waals surface area contributed by atoms with Gasteiger partial charge in [0, 0.05) is 18.2 Å². The molecule has 106 valence electrons. The molecule has 0 radical (unpaired) electrons. The van der Waals surface area contributed by atoms with Gasteiger partial charge in [0.1, 0.15) is 18.2 Å². The molecular formula is C14H20FNO3. The standard InChI is InChI=1S/C14H20FNO3/c1-3-4-7-18-8-9-19-14-10-12(15)5-6-13(14)11(2)16-17/h5-6,10,17H,3-4,7-9H2,1-2H3. The Morgan fingerprint density at radius 1 is 1.32 bits per heavy atom. The third-order valence-electron chi connectivity index (χ3n) is 2.61. The monoisotopic (exact) mass is 269 g/mol. The number of hydrogen-bond donors (Lipinski definition) is 1. The quantitative estimate of drug-likeness (QED) is 0.341. The van der Waals surface area contributed by atoms with E-state index in [1.54, 1.807) is 6.92 Å². The number of unbranched alkanes of at least 4 members (excludes halogenated alkanes) is 1. The van der Waals surface area contributed by atoms with Gasteiger partial charge in [0.25, 0.3) is 0 Å². The third kappa shape index (κ3) is 5.26. The van der Waals surface area contributed by atoms with Gasteiger partial charge in [0.05, 0.1) is 12.3 Å². The summed E-state index contributed by atoms with van der Waals surface area (Å²) in [7, 11) is 0. The van der Waals surface area contributed by atoms with Gasteiger partial charge >= 0.3 is 0 Å². The average Bonchev–Trinajstić information content (AvgIpc) is 2.42. The molecular weight excluding hydrogens is 249 g/mol. The molecule has 0 amide bonds. The molecule has 0 unspecified atom stereocenters. The van der Waals surface area contributed by atoms with E-state index in [0.29, 0.717) is 36.8 Å². The van der Waals surface area contributed by atoms with Crippen molar-refractivity contribution in [3.8, 4) is 5.75 Å². The Morgan fingerprint density at radius 3 is 2.79 bits per heavy atom. The van der Waals surface area contributed by atoms with Crippen molar-refractivity contribution in [3.63, 3.8) is 0 Å². The highest BCUT2D eigenvalue weighted by molar-refractivity contribution is 6.00. The molecule has 1 aromatic rings. The fourth-order valence-electron chi connectivity index (χ4n) is 1.53. The van der Waals surface area contributed by atoms with Gasteiger partial charge < -0.3 is 14.7 Å². The van der Waals surface area contributed by atoms with Crippen LogP contribution in [0.2, 0.25) is 0 Å². The molecule has 0 aromatic heterocycles. The molecule has 19 heavy (non-hydrogen) atoms. The van der Waals surface area contributed by atoms with Crippen LogP contribution in [0.3, 0.4) is 0 Å². The number of oxime groups is 1. The zero-order valence-corrected chi connectivity index (χ0v) is 11.4. The first-order valence-corrected chi connectivity index (χ1v) is 6.38. The lowest BCUT2D eigenvalue weighted by molar-refractivity contribution is 0.0979. The molecule has 5 heteroatoms. The van der Waals surface area contributed by atoms with Crippen molar-refractivity contribution in [3.05, 3.63) is 29.6 Å². The Hall–Kier alpha value is -1.62. The Balaban J connectivity index is 2.54. The molecule has 4 nitrogen and oxygen atoms in total. The van der Waals surface area contributed by atoms with E-state index >= 15 is 0 Å². The summed E-state index contributed by atoms with van der Waals surface area (Å²) >= 11 is 0. The van der Waals surface area contributed by atoms with E-state index in [2.05, 4.69) is 12.1 Å². The van der Waals surface area contributed by atoms with E-state index < -0.39 is 5.82 Å². The first kappa shape index (κ1) is 15.4. The van der Waals surface area contributed by atoms with Crippen molar-refractivity contribution in [2.75, 3.05) is 19.8 Å². The number of hydrogen-bond acceptors (Lipinski definition) is 4. The summed E-state index contributed by atoms with van der Waals surface area (Å²) in [6.45, 7) is 5.20. The van der Waals surface area contributed by atoms with Crippen LogP contribution in [-0.4, -0.2) is 30.7 Å². The Morgan fingerprint density at radius 2 is 2.11 bits per heavy atom. The van der Waals surface area contributed by atoms with Crippen LogP contribution in [0.25, 0.3) is 0 Å². The van der Waals surface area contributed by atoms with E-state index in [1.807, 2.05) is 0 Å². The number of ether oxygens (including phenoxy) is 2. The maximum atomic E-state index is 13.2. The van der Waals surface area contributed by atoms with Gasteiger partial charge in [-0.05, 0) is 25.5 Å². The fraction of sp³-hybridized carbons (Fsp3) is 0.500. The lowest BCUT2D eigenvalue weighted by Crippen LogP contribution is -2.10.